The number of hydrogen-bond donors (Lipinski definition) is 0. The number of ketones is 2. The van der Waals surface area contributed by atoms with Crippen molar-refractivity contribution in [2.24, 2.45) is 0 Å². The molecule has 0 aromatic carbocycles. The molecule has 0 saturated carbocycles. The highest BCUT2D eigenvalue weighted by Gasteiger charge is 2.31. The molecule has 0 saturated heterocycles. The minimum absolute atomic E-state index is 0.0921. The van der Waals surface area contributed by atoms with Crippen molar-refractivity contribution < 1.29 is 9.59 Å². The molecule has 0 unspecified atom stereocenters. The van der Waals surface area contributed by atoms with Crippen LogP contribution in [-0.4, -0.2) is 21.1 Å². The number of hydrogen-bond acceptors (Lipinski definition) is 3. The largest absolute Gasteiger partial charge is 0.323 e. The summed E-state index contributed by atoms with van der Waals surface area (Å²) in [5, 5.41) is 0. The first-order chi connectivity index (χ1) is 13.2. The second-order valence-electron chi connectivity index (χ2n) is 7.96. The smallest absolute Gasteiger partial charge is 0.209 e. The lowest BCUT2D eigenvalue weighted by molar-refractivity contribution is 0.0967. The van der Waals surface area contributed by atoms with Crippen molar-refractivity contribution in [1.82, 2.24) is 9.55 Å². The van der Waals surface area contributed by atoms with Crippen molar-refractivity contribution in [3.05, 3.63) is 63.8 Å². The van der Waals surface area contributed by atoms with Gasteiger partial charge in [-0.25, -0.2) is 4.98 Å². The molecular weight excluding hydrogens is 348 g/mol. The summed E-state index contributed by atoms with van der Waals surface area (Å²) >= 11 is 0. The van der Waals surface area contributed by atoms with Gasteiger partial charge in [0.15, 0.2) is 0 Å². The van der Waals surface area contributed by atoms with Crippen LogP contribution in [0.4, 0.5) is 0 Å². The first-order valence-corrected chi connectivity index (χ1v) is 9.99. The molecule has 1 aliphatic rings. The van der Waals surface area contributed by atoms with Gasteiger partial charge in [0.05, 0.1) is 6.33 Å². The number of Topliss-reactive ketones (excluding diaryl/α,β-unsaturated/α-hetero) is 2. The van der Waals surface area contributed by atoms with E-state index in [9.17, 15) is 9.59 Å². The summed E-state index contributed by atoms with van der Waals surface area (Å²) in [6.45, 7) is 12.5. The SMILES string of the molecule is CC(C)=CCC/C(C)=C\CC/C(C)=C/Cn1cnc2c1C(=O)C(C)=C(C)C2=O. The van der Waals surface area contributed by atoms with Gasteiger partial charge < -0.3 is 4.57 Å². The topological polar surface area (TPSA) is 52.0 Å². The summed E-state index contributed by atoms with van der Waals surface area (Å²) in [7, 11) is 0. The molecule has 0 amide bonds. The van der Waals surface area contributed by atoms with Crippen molar-refractivity contribution in [3.8, 4) is 0 Å². The molecule has 0 bridgehead atoms. The van der Waals surface area contributed by atoms with Crippen LogP contribution in [0.15, 0.2) is 52.4 Å². The molecule has 1 aromatic rings. The van der Waals surface area contributed by atoms with Crippen molar-refractivity contribution in [2.45, 2.75) is 73.8 Å². The molecule has 0 N–H and O–H groups in total. The maximum Gasteiger partial charge on any atom is 0.209 e. The molecule has 0 radical (unpaired) electrons. The van der Waals surface area contributed by atoms with Crippen LogP contribution in [-0.2, 0) is 6.54 Å². The average Bonchev–Trinajstić information content (AvgIpc) is 3.06. The Labute approximate surface area is 168 Å². The molecular formula is C24H32N2O2. The number of imidazole rings is 1. The Kier molecular flexibility index (Phi) is 7.50. The van der Waals surface area contributed by atoms with Crippen molar-refractivity contribution in [1.29, 1.82) is 0 Å². The molecule has 0 atom stereocenters. The normalized spacial score (nSPS) is 15.2. The van der Waals surface area contributed by atoms with E-state index in [4.69, 9.17) is 0 Å². The van der Waals surface area contributed by atoms with Crippen LogP contribution in [0.3, 0.4) is 0 Å². The second kappa shape index (κ2) is 9.63. The van der Waals surface area contributed by atoms with Gasteiger partial charge in [0.2, 0.25) is 11.6 Å². The van der Waals surface area contributed by atoms with Crippen LogP contribution >= 0.6 is 0 Å². The molecule has 1 heterocycles. The molecule has 1 aromatic heterocycles. The molecule has 150 valence electrons. The fourth-order valence-corrected chi connectivity index (χ4v) is 3.21. The highest BCUT2D eigenvalue weighted by atomic mass is 16.1. The third-order valence-corrected chi connectivity index (χ3v) is 5.27. The summed E-state index contributed by atoms with van der Waals surface area (Å²) in [5.74, 6) is -0.231. The van der Waals surface area contributed by atoms with Gasteiger partial charge in [-0.3, -0.25) is 9.59 Å². The molecule has 4 heteroatoms. The molecule has 4 nitrogen and oxygen atoms in total. The third-order valence-electron chi connectivity index (χ3n) is 5.27. The van der Waals surface area contributed by atoms with E-state index in [0.717, 1.165) is 25.7 Å². The number of aromatic nitrogens is 2. The molecule has 2 rings (SSSR count). The average molecular weight is 381 g/mol. The lowest BCUT2D eigenvalue weighted by Crippen LogP contribution is -2.22. The fourth-order valence-electron chi connectivity index (χ4n) is 3.21. The van der Waals surface area contributed by atoms with Crippen LogP contribution in [0.2, 0.25) is 0 Å². The number of rotatable bonds is 8. The quantitative estimate of drug-likeness (QED) is 0.518. The highest BCUT2D eigenvalue weighted by Crippen LogP contribution is 2.25. The predicted octanol–water partition coefficient (Wildman–Crippen LogP) is 6.02. The second-order valence-corrected chi connectivity index (χ2v) is 7.96. The van der Waals surface area contributed by atoms with Gasteiger partial charge in [0.25, 0.3) is 0 Å². The van der Waals surface area contributed by atoms with E-state index in [1.54, 1.807) is 24.7 Å². The summed E-state index contributed by atoms with van der Waals surface area (Å²) in [5.41, 5.74) is 5.80. The maximum atomic E-state index is 12.6. The van der Waals surface area contributed by atoms with E-state index in [1.807, 2.05) is 0 Å². The fraction of sp³-hybridized carbons (Fsp3) is 0.458. The zero-order valence-corrected chi connectivity index (χ0v) is 18.1. The van der Waals surface area contributed by atoms with Gasteiger partial charge in [-0.05, 0) is 67.2 Å². The summed E-state index contributed by atoms with van der Waals surface area (Å²) in [6, 6.07) is 0. The molecule has 28 heavy (non-hydrogen) atoms. The van der Waals surface area contributed by atoms with Crippen LogP contribution in [0.1, 0.15) is 88.2 Å². The number of allylic oxidation sites excluding steroid dienone is 8. The van der Waals surface area contributed by atoms with Gasteiger partial charge in [-0.1, -0.05) is 34.9 Å². The Morgan fingerprint density at radius 3 is 2.11 bits per heavy atom. The molecule has 1 aliphatic carbocycles. The van der Waals surface area contributed by atoms with E-state index >= 15 is 0 Å². The van der Waals surface area contributed by atoms with E-state index < -0.39 is 0 Å². The summed E-state index contributed by atoms with van der Waals surface area (Å²) in [4.78, 5) is 29.1. The Morgan fingerprint density at radius 1 is 0.893 bits per heavy atom. The Bertz CT molecular complexity index is 888. The zero-order chi connectivity index (χ0) is 20.8. The number of nitrogens with zero attached hydrogens (tertiary/aromatic N) is 2. The Hall–Kier alpha value is -2.49. The Balaban J connectivity index is 1.95. The number of fused-ring (bicyclic) bond motifs is 1. The number of carbonyl (C=O) groups excluding carboxylic acids is 2. The predicted molar refractivity (Wildman–Crippen MR) is 115 cm³/mol. The van der Waals surface area contributed by atoms with Crippen LogP contribution < -0.4 is 0 Å². The molecule has 0 fully saturated rings. The van der Waals surface area contributed by atoms with E-state index in [2.05, 4.69) is 50.9 Å². The van der Waals surface area contributed by atoms with Crippen LogP contribution in [0.25, 0.3) is 0 Å². The van der Waals surface area contributed by atoms with Crippen molar-refractivity contribution in [2.75, 3.05) is 0 Å². The lowest BCUT2D eigenvalue weighted by atomic mass is 9.92. The van der Waals surface area contributed by atoms with E-state index in [0.29, 0.717) is 23.4 Å². The van der Waals surface area contributed by atoms with Gasteiger partial charge in [0.1, 0.15) is 11.4 Å². The standard InChI is InChI=1S/C24H32N2O2/c1-16(2)9-7-10-17(3)11-8-12-18(4)13-14-26-15-25-21-22(26)24(28)20(6)19(5)23(21)27/h9,11,13,15H,7-8,10,12,14H2,1-6H3/b17-11-,18-13+. The van der Waals surface area contributed by atoms with Crippen molar-refractivity contribution in [3.63, 3.8) is 0 Å². The molecule has 0 aliphatic heterocycles. The van der Waals surface area contributed by atoms with Crippen LogP contribution in [0.5, 0.6) is 0 Å². The van der Waals surface area contributed by atoms with Gasteiger partial charge in [-0.2, -0.15) is 0 Å². The van der Waals surface area contributed by atoms with Gasteiger partial charge >= 0.3 is 0 Å². The zero-order valence-electron chi connectivity index (χ0n) is 18.1. The highest BCUT2D eigenvalue weighted by molar-refractivity contribution is 6.25. The van der Waals surface area contributed by atoms with E-state index in [1.165, 1.54) is 16.7 Å². The van der Waals surface area contributed by atoms with Gasteiger partial charge in [-0.15, -0.1) is 0 Å². The minimum Gasteiger partial charge on any atom is -0.323 e. The Morgan fingerprint density at radius 2 is 1.46 bits per heavy atom. The first kappa shape index (κ1) is 21.8. The minimum atomic E-state index is -0.139. The summed E-state index contributed by atoms with van der Waals surface area (Å²) in [6.07, 6.45) is 12.5. The van der Waals surface area contributed by atoms with E-state index in [-0.39, 0.29) is 17.3 Å². The van der Waals surface area contributed by atoms with Crippen molar-refractivity contribution >= 4 is 11.6 Å². The maximum absolute atomic E-state index is 12.6. The lowest BCUT2D eigenvalue weighted by Gasteiger charge is -2.14. The van der Waals surface area contributed by atoms with Gasteiger partial charge in [0, 0.05) is 17.7 Å². The third kappa shape index (κ3) is 5.28. The van der Waals surface area contributed by atoms with Crippen LogP contribution in [0, 0.1) is 0 Å². The first-order valence-electron chi connectivity index (χ1n) is 9.99. The molecule has 0 spiro atoms. The monoisotopic (exact) mass is 380 g/mol. The number of carbonyl (C=O) groups is 2. The summed E-state index contributed by atoms with van der Waals surface area (Å²) < 4.78 is 1.79.